The maximum atomic E-state index is 11.3. The lowest BCUT2D eigenvalue weighted by atomic mass is 10.3. The SMILES string of the molecule is O=S1(=O)C[C@H](NC(=S)OC(CCl)CCl)[C@@H](Cl)C1. The molecule has 0 amide bonds. The summed E-state index contributed by atoms with van der Waals surface area (Å²) >= 11 is 22.0. The zero-order valence-corrected chi connectivity index (χ0v) is 12.6. The summed E-state index contributed by atoms with van der Waals surface area (Å²) < 4.78 is 27.9. The Morgan fingerprint density at radius 2 is 2.00 bits per heavy atom. The highest BCUT2D eigenvalue weighted by Gasteiger charge is 2.37. The molecule has 1 rings (SSSR count). The molecule has 1 N–H and O–H groups in total. The van der Waals surface area contributed by atoms with Crippen molar-refractivity contribution < 1.29 is 13.2 Å². The number of rotatable bonds is 4. The van der Waals surface area contributed by atoms with Crippen LogP contribution in [0, 0.1) is 0 Å². The standard InChI is InChI=1S/C8H12Cl3NO3S2/c9-1-5(2-10)15-8(16)12-7-4-17(13,14)3-6(7)11/h5-7H,1-4H2,(H,12,16)/t6-,7-/m0/s1. The van der Waals surface area contributed by atoms with Gasteiger partial charge < -0.3 is 10.1 Å². The quantitative estimate of drug-likeness (QED) is 0.614. The molecule has 1 saturated heterocycles. The van der Waals surface area contributed by atoms with E-state index in [4.69, 9.17) is 51.8 Å². The van der Waals surface area contributed by atoms with Crippen LogP contribution in [0.5, 0.6) is 0 Å². The molecule has 0 aromatic heterocycles. The predicted octanol–water partition coefficient (Wildman–Crippen LogP) is 1.13. The summed E-state index contributed by atoms with van der Waals surface area (Å²) in [6, 6.07) is -0.430. The third-order valence-electron chi connectivity index (χ3n) is 2.20. The van der Waals surface area contributed by atoms with Crippen molar-refractivity contribution >= 4 is 62.0 Å². The van der Waals surface area contributed by atoms with Crippen LogP contribution in [0.15, 0.2) is 0 Å². The molecule has 4 nitrogen and oxygen atoms in total. The van der Waals surface area contributed by atoms with E-state index >= 15 is 0 Å². The van der Waals surface area contributed by atoms with Gasteiger partial charge in [-0.2, -0.15) is 0 Å². The highest BCUT2D eigenvalue weighted by atomic mass is 35.5. The summed E-state index contributed by atoms with van der Waals surface area (Å²) in [7, 11) is -3.09. The molecule has 0 unspecified atom stereocenters. The Bertz CT molecular complexity index is 372. The van der Waals surface area contributed by atoms with Crippen LogP contribution in [0.25, 0.3) is 0 Å². The lowest BCUT2D eigenvalue weighted by Crippen LogP contribution is -2.42. The Kier molecular flexibility index (Phi) is 6.05. The fraction of sp³-hybridized carbons (Fsp3) is 0.875. The Morgan fingerprint density at radius 3 is 2.41 bits per heavy atom. The molecular weight excluding hydrogens is 329 g/mol. The predicted molar refractivity (Wildman–Crippen MR) is 74.1 cm³/mol. The van der Waals surface area contributed by atoms with Crippen LogP contribution in [-0.2, 0) is 14.6 Å². The van der Waals surface area contributed by atoms with Gasteiger partial charge in [0.25, 0.3) is 5.17 Å². The van der Waals surface area contributed by atoms with Gasteiger partial charge in [-0.15, -0.1) is 34.8 Å². The summed E-state index contributed by atoms with van der Waals surface area (Å²) in [5.74, 6) is 0.317. The molecule has 1 aliphatic heterocycles. The number of halogens is 3. The van der Waals surface area contributed by atoms with Crippen molar-refractivity contribution in [1.29, 1.82) is 0 Å². The fourth-order valence-electron chi connectivity index (χ4n) is 1.38. The van der Waals surface area contributed by atoms with Crippen molar-refractivity contribution in [2.75, 3.05) is 23.3 Å². The highest BCUT2D eigenvalue weighted by Crippen LogP contribution is 2.18. The first kappa shape index (κ1) is 15.6. The number of alkyl halides is 3. The molecular formula is C8H12Cl3NO3S2. The number of ether oxygens (including phenoxy) is 1. The van der Waals surface area contributed by atoms with Crippen LogP contribution in [-0.4, -0.2) is 54.4 Å². The minimum Gasteiger partial charge on any atom is -0.465 e. The van der Waals surface area contributed by atoms with Gasteiger partial charge in [0.2, 0.25) is 0 Å². The fourth-order valence-corrected chi connectivity index (χ4v) is 4.67. The molecule has 1 aliphatic rings. The first-order valence-corrected chi connectivity index (χ1v) is 8.55. The molecule has 100 valence electrons. The molecule has 0 bridgehead atoms. The molecule has 0 aromatic carbocycles. The molecule has 1 fully saturated rings. The average Bonchev–Trinajstić information content (AvgIpc) is 2.48. The summed E-state index contributed by atoms with van der Waals surface area (Å²) in [6.45, 7) is 0. The number of sulfone groups is 1. The minimum absolute atomic E-state index is 0.0446. The van der Waals surface area contributed by atoms with Crippen LogP contribution < -0.4 is 5.32 Å². The van der Waals surface area contributed by atoms with Gasteiger partial charge in [-0.05, 0) is 12.2 Å². The monoisotopic (exact) mass is 339 g/mol. The van der Waals surface area contributed by atoms with E-state index < -0.39 is 27.4 Å². The molecule has 9 heteroatoms. The highest BCUT2D eigenvalue weighted by molar-refractivity contribution is 7.91. The van der Waals surface area contributed by atoms with Gasteiger partial charge in [0.05, 0.1) is 34.7 Å². The normalized spacial score (nSPS) is 27.1. The second-order valence-corrected chi connectivity index (χ2v) is 7.38. The number of hydrogen-bond acceptors (Lipinski definition) is 4. The lowest BCUT2D eigenvalue weighted by molar-refractivity contribution is 0.228. The summed E-state index contributed by atoms with van der Waals surface area (Å²) in [4.78, 5) is 0. The van der Waals surface area contributed by atoms with Gasteiger partial charge >= 0.3 is 0 Å². The van der Waals surface area contributed by atoms with Gasteiger partial charge in [0, 0.05) is 0 Å². The zero-order valence-electron chi connectivity index (χ0n) is 8.74. The summed E-state index contributed by atoms with van der Waals surface area (Å²) in [6.07, 6.45) is -0.398. The first-order valence-electron chi connectivity index (χ1n) is 4.81. The van der Waals surface area contributed by atoms with Gasteiger partial charge in [-0.3, -0.25) is 0 Å². The van der Waals surface area contributed by atoms with Crippen LogP contribution in [0.1, 0.15) is 0 Å². The van der Waals surface area contributed by atoms with E-state index in [1.165, 1.54) is 0 Å². The molecule has 17 heavy (non-hydrogen) atoms. The Morgan fingerprint density at radius 1 is 1.41 bits per heavy atom. The molecule has 1 heterocycles. The third kappa shape index (κ3) is 4.95. The Labute approximate surface area is 121 Å². The van der Waals surface area contributed by atoms with E-state index in [0.29, 0.717) is 0 Å². The van der Waals surface area contributed by atoms with Gasteiger partial charge in [0.1, 0.15) is 6.10 Å². The van der Waals surface area contributed by atoms with Crippen molar-refractivity contribution in [3.05, 3.63) is 0 Å². The summed E-state index contributed by atoms with van der Waals surface area (Å²) in [5, 5.41) is 2.33. The van der Waals surface area contributed by atoms with Crippen molar-refractivity contribution in [2.45, 2.75) is 17.5 Å². The summed E-state index contributed by atoms with van der Waals surface area (Å²) in [5.41, 5.74) is 0. The maximum absolute atomic E-state index is 11.3. The largest absolute Gasteiger partial charge is 0.465 e. The zero-order chi connectivity index (χ0) is 13.1. The topological polar surface area (TPSA) is 55.4 Å². The van der Waals surface area contributed by atoms with Crippen LogP contribution in [0.4, 0.5) is 0 Å². The molecule has 0 aliphatic carbocycles. The molecule has 2 atom stereocenters. The van der Waals surface area contributed by atoms with E-state index in [9.17, 15) is 8.42 Å². The van der Waals surface area contributed by atoms with Crippen molar-refractivity contribution in [3.8, 4) is 0 Å². The molecule has 0 saturated carbocycles. The smallest absolute Gasteiger partial charge is 0.257 e. The van der Waals surface area contributed by atoms with Crippen LogP contribution in [0.2, 0.25) is 0 Å². The third-order valence-corrected chi connectivity index (χ3v) is 5.48. The maximum Gasteiger partial charge on any atom is 0.257 e. The van der Waals surface area contributed by atoms with E-state index in [1.54, 1.807) is 0 Å². The minimum atomic E-state index is -3.09. The van der Waals surface area contributed by atoms with E-state index in [2.05, 4.69) is 5.32 Å². The van der Waals surface area contributed by atoms with Crippen molar-refractivity contribution in [3.63, 3.8) is 0 Å². The van der Waals surface area contributed by atoms with Crippen molar-refractivity contribution in [1.82, 2.24) is 5.32 Å². The van der Waals surface area contributed by atoms with Crippen LogP contribution >= 0.6 is 47.0 Å². The number of nitrogens with one attached hydrogen (secondary N) is 1. The Balaban J connectivity index is 2.47. The van der Waals surface area contributed by atoms with Gasteiger partial charge in [-0.25, -0.2) is 8.42 Å². The Hall–Kier alpha value is 0.510. The van der Waals surface area contributed by atoms with Crippen LogP contribution in [0.3, 0.4) is 0 Å². The van der Waals surface area contributed by atoms with E-state index in [0.717, 1.165) is 0 Å². The molecule has 0 spiro atoms. The first-order chi connectivity index (χ1) is 7.88. The lowest BCUT2D eigenvalue weighted by Gasteiger charge is -2.19. The van der Waals surface area contributed by atoms with E-state index in [-0.39, 0.29) is 28.4 Å². The van der Waals surface area contributed by atoms with Gasteiger partial charge in [-0.1, -0.05) is 0 Å². The van der Waals surface area contributed by atoms with Crippen molar-refractivity contribution in [2.24, 2.45) is 0 Å². The van der Waals surface area contributed by atoms with Gasteiger partial charge in [0.15, 0.2) is 9.84 Å². The molecule has 0 radical (unpaired) electrons. The van der Waals surface area contributed by atoms with E-state index in [1.807, 2.05) is 0 Å². The number of thiocarbonyl (C=S) groups is 1. The second-order valence-electron chi connectivity index (χ2n) is 3.68. The average molecular weight is 341 g/mol. The molecule has 0 aromatic rings. The number of hydrogen-bond donors (Lipinski definition) is 1. The second kappa shape index (κ2) is 6.61.